The zero-order chi connectivity index (χ0) is 18.3. The number of ether oxygens (including phenoxy) is 2. The van der Waals surface area contributed by atoms with Gasteiger partial charge in [-0.25, -0.2) is 4.79 Å². The second kappa shape index (κ2) is 8.95. The van der Waals surface area contributed by atoms with Crippen molar-refractivity contribution in [2.75, 3.05) is 7.11 Å². The van der Waals surface area contributed by atoms with Crippen LogP contribution in [-0.4, -0.2) is 24.8 Å². The maximum atomic E-state index is 12.0. The molecule has 1 N–H and O–H groups in total. The predicted octanol–water partition coefficient (Wildman–Crippen LogP) is 4.80. The monoisotopic (exact) mass is 335 g/mol. The van der Waals surface area contributed by atoms with Crippen LogP contribution in [0.3, 0.4) is 0 Å². The molecule has 0 bridgehead atoms. The summed E-state index contributed by atoms with van der Waals surface area (Å²) >= 11 is 0. The normalized spacial score (nSPS) is 12.6. The Labute approximate surface area is 146 Å². The summed E-state index contributed by atoms with van der Waals surface area (Å²) in [7, 11) is 1.70. The molecule has 1 atom stereocenters. The average molecular weight is 335 g/mol. The first-order valence-electron chi connectivity index (χ1n) is 8.86. The fourth-order valence-corrected chi connectivity index (χ4v) is 2.72. The number of hydrogen-bond acceptors (Lipinski definition) is 3. The van der Waals surface area contributed by atoms with Gasteiger partial charge in [0.05, 0.1) is 7.11 Å². The Balaban J connectivity index is 2.88. The first-order chi connectivity index (χ1) is 11.2. The lowest BCUT2D eigenvalue weighted by Crippen LogP contribution is -2.40. The van der Waals surface area contributed by atoms with E-state index in [1.54, 1.807) is 7.11 Å². The van der Waals surface area contributed by atoms with Crippen LogP contribution in [-0.2, 0) is 17.6 Å². The molecular formula is C20H33NO3. The zero-order valence-corrected chi connectivity index (χ0v) is 16.3. The largest absolute Gasteiger partial charge is 0.496 e. The van der Waals surface area contributed by atoms with Gasteiger partial charge in [0.15, 0.2) is 0 Å². The number of carbonyl (C=O) groups is 1. The van der Waals surface area contributed by atoms with Crippen molar-refractivity contribution in [3.05, 3.63) is 28.8 Å². The van der Waals surface area contributed by atoms with Crippen LogP contribution in [0.25, 0.3) is 0 Å². The van der Waals surface area contributed by atoms with E-state index in [4.69, 9.17) is 9.47 Å². The number of nitrogens with one attached hydrogen (secondary N) is 1. The van der Waals surface area contributed by atoms with Gasteiger partial charge in [-0.15, -0.1) is 0 Å². The Bertz CT molecular complexity index is 547. The lowest BCUT2D eigenvalue weighted by molar-refractivity contribution is 0.0502. The van der Waals surface area contributed by atoms with Crippen LogP contribution in [0.4, 0.5) is 4.79 Å². The molecule has 1 amide bonds. The average Bonchev–Trinajstić information content (AvgIpc) is 2.47. The molecule has 0 spiro atoms. The Hall–Kier alpha value is -1.71. The van der Waals surface area contributed by atoms with Gasteiger partial charge in [0.25, 0.3) is 0 Å². The second-order valence-corrected chi connectivity index (χ2v) is 7.30. The summed E-state index contributed by atoms with van der Waals surface area (Å²) in [5.41, 5.74) is 3.24. The highest BCUT2D eigenvalue weighted by molar-refractivity contribution is 5.68. The van der Waals surface area contributed by atoms with Gasteiger partial charge >= 0.3 is 6.09 Å². The lowest BCUT2D eigenvalue weighted by Gasteiger charge is -2.24. The Morgan fingerprint density at radius 3 is 2.38 bits per heavy atom. The molecule has 4 heteroatoms. The summed E-state index contributed by atoms with van der Waals surface area (Å²) in [6.07, 6.45) is 3.36. The van der Waals surface area contributed by atoms with Crippen LogP contribution < -0.4 is 10.1 Å². The molecule has 0 saturated carbocycles. The fraction of sp³-hybridized carbons (Fsp3) is 0.650. The number of benzene rings is 1. The van der Waals surface area contributed by atoms with E-state index in [0.29, 0.717) is 0 Å². The SMILES string of the molecule is CCCc1cc(OC)c(CC(CC)NC(=O)OC(C)(C)C)cc1C. The Kier molecular flexibility index (Phi) is 7.59. The van der Waals surface area contributed by atoms with Crippen LogP contribution in [0.5, 0.6) is 5.75 Å². The highest BCUT2D eigenvalue weighted by Gasteiger charge is 2.20. The third-order valence-corrected chi connectivity index (χ3v) is 3.94. The van der Waals surface area contributed by atoms with Crippen LogP contribution >= 0.6 is 0 Å². The number of rotatable bonds is 7. The van der Waals surface area contributed by atoms with E-state index in [1.165, 1.54) is 11.1 Å². The number of aryl methyl sites for hydroxylation is 2. The second-order valence-electron chi connectivity index (χ2n) is 7.30. The molecule has 24 heavy (non-hydrogen) atoms. The molecule has 0 fully saturated rings. The summed E-state index contributed by atoms with van der Waals surface area (Å²) in [5.74, 6) is 0.897. The first-order valence-corrected chi connectivity index (χ1v) is 8.86. The molecule has 0 radical (unpaired) electrons. The third kappa shape index (κ3) is 6.42. The van der Waals surface area contributed by atoms with Gasteiger partial charge in [-0.1, -0.05) is 26.3 Å². The standard InChI is InChI=1S/C20H33NO3/c1-8-10-15-13-18(23-7)16(11-14(15)3)12-17(9-2)21-19(22)24-20(4,5)6/h11,13,17H,8-10,12H2,1-7H3,(H,21,22). The van der Waals surface area contributed by atoms with Gasteiger partial charge < -0.3 is 14.8 Å². The van der Waals surface area contributed by atoms with E-state index in [0.717, 1.165) is 37.0 Å². The Morgan fingerprint density at radius 2 is 1.88 bits per heavy atom. The van der Waals surface area contributed by atoms with Crippen molar-refractivity contribution in [1.82, 2.24) is 5.32 Å². The van der Waals surface area contributed by atoms with Gasteiger partial charge in [0.2, 0.25) is 0 Å². The molecule has 4 nitrogen and oxygen atoms in total. The molecule has 1 aromatic rings. The number of hydrogen-bond donors (Lipinski definition) is 1. The van der Waals surface area contributed by atoms with Crippen molar-refractivity contribution < 1.29 is 14.3 Å². The van der Waals surface area contributed by atoms with E-state index in [2.05, 4.69) is 38.2 Å². The van der Waals surface area contributed by atoms with Gasteiger partial charge in [0.1, 0.15) is 11.4 Å². The third-order valence-electron chi connectivity index (χ3n) is 3.94. The molecular weight excluding hydrogens is 302 g/mol. The number of amides is 1. The highest BCUT2D eigenvalue weighted by Crippen LogP contribution is 2.26. The molecule has 1 rings (SSSR count). The van der Waals surface area contributed by atoms with Gasteiger partial charge in [-0.05, 0) is 69.7 Å². The maximum Gasteiger partial charge on any atom is 0.407 e. The lowest BCUT2D eigenvalue weighted by atomic mass is 9.96. The zero-order valence-electron chi connectivity index (χ0n) is 16.3. The van der Waals surface area contributed by atoms with E-state index in [9.17, 15) is 4.79 Å². The fourth-order valence-electron chi connectivity index (χ4n) is 2.72. The van der Waals surface area contributed by atoms with Gasteiger partial charge in [-0.2, -0.15) is 0 Å². The van der Waals surface area contributed by atoms with Crippen LogP contribution in [0.15, 0.2) is 12.1 Å². The van der Waals surface area contributed by atoms with Crippen molar-refractivity contribution in [3.8, 4) is 5.75 Å². The van der Waals surface area contributed by atoms with E-state index in [1.807, 2.05) is 20.8 Å². The summed E-state index contributed by atoms with van der Waals surface area (Å²) in [5, 5.41) is 2.97. The van der Waals surface area contributed by atoms with E-state index < -0.39 is 5.60 Å². The molecule has 0 saturated heterocycles. The predicted molar refractivity (Wildman–Crippen MR) is 98.9 cm³/mol. The smallest absolute Gasteiger partial charge is 0.407 e. The van der Waals surface area contributed by atoms with Gasteiger partial charge in [0, 0.05) is 6.04 Å². The summed E-state index contributed by atoms with van der Waals surface area (Å²) in [6, 6.07) is 4.34. The minimum Gasteiger partial charge on any atom is -0.496 e. The van der Waals surface area contributed by atoms with E-state index >= 15 is 0 Å². The number of alkyl carbamates (subject to hydrolysis) is 1. The van der Waals surface area contributed by atoms with Crippen molar-refractivity contribution in [1.29, 1.82) is 0 Å². The molecule has 0 aliphatic heterocycles. The first kappa shape index (κ1) is 20.3. The minimum atomic E-state index is -0.488. The summed E-state index contributed by atoms with van der Waals surface area (Å²) in [6.45, 7) is 12.0. The van der Waals surface area contributed by atoms with Gasteiger partial charge in [-0.3, -0.25) is 0 Å². The molecule has 0 heterocycles. The van der Waals surface area contributed by atoms with Crippen LogP contribution in [0.1, 0.15) is 64.2 Å². The number of carbonyl (C=O) groups excluding carboxylic acids is 1. The van der Waals surface area contributed by atoms with Crippen molar-refractivity contribution >= 4 is 6.09 Å². The number of methoxy groups -OCH3 is 1. The molecule has 1 aromatic carbocycles. The topological polar surface area (TPSA) is 47.6 Å². The summed E-state index contributed by atoms with van der Waals surface area (Å²) < 4.78 is 10.9. The minimum absolute atomic E-state index is 0.0187. The molecule has 0 aromatic heterocycles. The van der Waals surface area contributed by atoms with Crippen LogP contribution in [0, 0.1) is 6.92 Å². The summed E-state index contributed by atoms with van der Waals surface area (Å²) in [4.78, 5) is 12.0. The molecule has 0 aliphatic rings. The van der Waals surface area contributed by atoms with Crippen molar-refractivity contribution in [2.24, 2.45) is 0 Å². The Morgan fingerprint density at radius 1 is 1.21 bits per heavy atom. The highest BCUT2D eigenvalue weighted by atomic mass is 16.6. The van der Waals surface area contributed by atoms with E-state index in [-0.39, 0.29) is 12.1 Å². The van der Waals surface area contributed by atoms with Crippen molar-refractivity contribution in [2.45, 2.75) is 78.9 Å². The quantitative estimate of drug-likeness (QED) is 0.778. The van der Waals surface area contributed by atoms with Crippen molar-refractivity contribution in [3.63, 3.8) is 0 Å². The molecule has 1 unspecified atom stereocenters. The molecule has 136 valence electrons. The van der Waals surface area contributed by atoms with Crippen LogP contribution in [0.2, 0.25) is 0 Å². The maximum absolute atomic E-state index is 12.0. The molecule has 0 aliphatic carbocycles.